The normalized spacial score (nSPS) is 13.8. The van der Waals surface area contributed by atoms with Gasteiger partial charge >= 0.3 is 0 Å². The van der Waals surface area contributed by atoms with Crippen LogP contribution in [0.3, 0.4) is 0 Å². The minimum atomic E-state index is -0.534. The van der Waals surface area contributed by atoms with E-state index in [9.17, 15) is 19.7 Å². The second kappa shape index (κ2) is 9.76. The quantitative estimate of drug-likeness (QED) is 0.488. The van der Waals surface area contributed by atoms with Crippen LogP contribution in [0.15, 0.2) is 47.4 Å². The molecule has 0 unspecified atom stereocenters. The first-order valence-corrected chi connectivity index (χ1v) is 10.5. The predicted octanol–water partition coefficient (Wildman–Crippen LogP) is 4.65. The first-order chi connectivity index (χ1) is 13.9. The van der Waals surface area contributed by atoms with Gasteiger partial charge in [0.05, 0.1) is 17.0 Å². The molecule has 2 aromatic rings. The van der Waals surface area contributed by atoms with Gasteiger partial charge in [0.2, 0.25) is 5.91 Å². The Bertz CT molecular complexity index is 914. The fourth-order valence-corrected chi connectivity index (χ4v) is 4.57. The van der Waals surface area contributed by atoms with Gasteiger partial charge in [-0.1, -0.05) is 24.4 Å². The molecule has 9 heteroatoms. The third kappa shape index (κ3) is 5.95. The summed E-state index contributed by atoms with van der Waals surface area (Å²) in [6, 6.07) is 10.9. The lowest BCUT2D eigenvalue weighted by Gasteiger charge is -2.13. The van der Waals surface area contributed by atoms with Crippen LogP contribution in [0.25, 0.3) is 0 Å². The summed E-state index contributed by atoms with van der Waals surface area (Å²) in [7, 11) is 0. The van der Waals surface area contributed by atoms with Gasteiger partial charge in [-0.05, 0) is 43.2 Å². The number of hydrogen-bond donors (Lipinski definition) is 2. The molecule has 1 saturated carbocycles. The third-order valence-electron chi connectivity index (χ3n) is 4.55. The van der Waals surface area contributed by atoms with Crippen LogP contribution in [-0.2, 0) is 4.79 Å². The Labute approximate surface area is 177 Å². The zero-order valence-corrected chi connectivity index (χ0v) is 17.1. The number of carbonyl (C=O) groups excluding carboxylic acids is 2. The molecule has 0 heterocycles. The zero-order chi connectivity index (χ0) is 20.8. The van der Waals surface area contributed by atoms with Gasteiger partial charge in [-0.25, -0.2) is 0 Å². The van der Waals surface area contributed by atoms with Crippen molar-refractivity contribution in [3.63, 3.8) is 0 Å². The smallest absolute Gasteiger partial charge is 0.270 e. The molecule has 7 nitrogen and oxygen atoms in total. The molecule has 2 aromatic carbocycles. The minimum Gasteiger partial charge on any atom is -0.343 e. The summed E-state index contributed by atoms with van der Waals surface area (Å²) >= 11 is 7.38. The molecule has 0 atom stereocenters. The molecule has 0 bridgehead atoms. The summed E-state index contributed by atoms with van der Waals surface area (Å²) in [4.78, 5) is 36.0. The molecular formula is C20H20ClN3O4S. The first kappa shape index (κ1) is 21.1. The van der Waals surface area contributed by atoms with Crippen LogP contribution >= 0.6 is 23.4 Å². The molecule has 2 amide bonds. The highest BCUT2D eigenvalue weighted by atomic mass is 35.5. The van der Waals surface area contributed by atoms with Gasteiger partial charge in [-0.3, -0.25) is 19.7 Å². The van der Waals surface area contributed by atoms with Gasteiger partial charge in [0.15, 0.2) is 0 Å². The zero-order valence-electron chi connectivity index (χ0n) is 15.5. The minimum absolute atomic E-state index is 0.156. The van der Waals surface area contributed by atoms with Crippen molar-refractivity contribution in [2.24, 2.45) is 0 Å². The van der Waals surface area contributed by atoms with Crippen molar-refractivity contribution in [1.29, 1.82) is 0 Å². The molecule has 0 spiro atoms. The summed E-state index contributed by atoms with van der Waals surface area (Å²) in [6.45, 7) is -0.252. The van der Waals surface area contributed by atoms with E-state index in [0.717, 1.165) is 25.7 Å². The molecule has 1 aliphatic rings. The lowest BCUT2D eigenvalue weighted by atomic mass is 10.2. The van der Waals surface area contributed by atoms with E-state index < -0.39 is 16.7 Å². The van der Waals surface area contributed by atoms with Crippen LogP contribution in [0.5, 0.6) is 0 Å². The lowest BCUT2D eigenvalue weighted by Crippen LogP contribution is -2.33. The van der Waals surface area contributed by atoms with Crippen LogP contribution in [0.2, 0.25) is 5.02 Å². The standard InChI is InChI=1S/C20H20ClN3O4S/c21-13-5-7-14(8-6-13)23-19(25)12-22-20(26)17-11-15(24(27)28)9-10-18(17)29-16-3-1-2-4-16/h5-11,16H,1-4,12H2,(H,22,26)(H,23,25). The summed E-state index contributed by atoms with van der Waals surface area (Å²) in [5.41, 5.74) is 0.619. The van der Waals surface area contributed by atoms with Crippen molar-refractivity contribution in [1.82, 2.24) is 5.32 Å². The topological polar surface area (TPSA) is 101 Å². The van der Waals surface area contributed by atoms with Gasteiger partial charge < -0.3 is 10.6 Å². The lowest BCUT2D eigenvalue weighted by molar-refractivity contribution is -0.384. The molecule has 0 radical (unpaired) electrons. The number of non-ortho nitro benzene ring substituents is 1. The fraction of sp³-hybridized carbons (Fsp3) is 0.300. The number of anilines is 1. The molecule has 3 rings (SSSR count). The van der Waals surface area contributed by atoms with E-state index in [1.54, 1.807) is 42.1 Å². The van der Waals surface area contributed by atoms with E-state index in [2.05, 4.69) is 10.6 Å². The number of nitro benzene ring substituents is 1. The van der Waals surface area contributed by atoms with Crippen LogP contribution in [0.4, 0.5) is 11.4 Å². The van der Waals surface area contributed by atoms with Crippen LogP contribution in [0.1, 0.15) is 36.0 Å². The maximum atomic E-state index is 12.7. The summed E-state index contributed by atoms with van der Waals surface area (Å²) in [6.07, 6.45) is 4.42. The number of amides is 2. The monoisotopic (exact) mass is 433 g/mol. The van der Waals surface area contributed by atoms with Gasteiger partial charge in [-0.15, -0.1) is 11.8 Å². The third-order valence-corrected chi connectivity index (χ3v) is 6.22. The van der Waals surface area contributed by atoms with Crippen LogP contribution < -0.4 is 10.6 Å². The number of nitrogens with one attached hydrogen (secondary N) is 2. The maximum absolute atomic E-state index is 12.7. The highest BCUT2D eigenvalue weighted by Crippen LogP contribution is 2.37. The van der Waals surface area contributed by atoms with Crippen LogP contribution in [0, 0.1) is 10.1 Å². The number of hydrogen-bond acceptors (Lipinski definition) is 5. The SMILES string of the molecule is O=C(CNC(=O)c1cc([N+](=O)[O-])ccc1SC1CCCC1)Nc1ccc(Cl)cc1. The Morgan fingerprint density at radius 1 is 1.14 bits per heavy atom. The van der Waals surface area contributed by atoms with Crippen molar-refractivity contribution in [2.75, 3.05) is 11.9 Å². The Balaban J connectivity index is 1.67. The Hall–Kier alpha value is -2.58. The molecule has 0 aromatic heterocycles. The van der Waals surface area contributed by atoms with E-state index in [0.29, 0.717) is 20.9 Å². The number of rotatable bonds is 7. The van der Waals surface area contributed by atoms with E-state index in [1.165, 1.54) is 12.1 Å². The maximum Gasteiger partial charge on any atom is 0.270 e. The van der Waals surface area contributed by atoms with E-state index in [-0.39, 0.29) is 17.8 Å². The number of carbonyl (C=O) groups is 2. The van der Waals surface area contributed by atoms with Crippen molar-refractivity contribution < 1.29 is 14.5 Å². The first-order valence-electron chi connectivity index (χ1n) is 9.21. The van der Waals surface area contributed by atoms with Gasteiger partial charge in [0, 0.05) is 33.0 Å². The van der Waals surface area contributed by atoms with Crippen LogP contribution in [-0.4, -0.2) is 28.5 Å². The number of nitro groups is 1. The molecule has 29 heavy (non-hydrogen) atoms. The van der Waals surface area contributed by atoms with Crippen molar-refractivity contribution in [3.8, 4) is 0 Å². The van der Waals surface area contributed by atoms with Crippen molar-refractivity contribution >= 4 is 46.6 Å². The summed E-state index contributed by atoms with van der Waals surface area (Å²) in [5, 5.41) is 17.3. The molecular weight excluding hydrogens is 414 g/mol. The molecule has 0 saturated heterocycles. The number of benzene rings is 2. The second-order valence-electron chi connectivity index (χ2n) is 6.70. The summed E-state index contributed by atoms with van der Waals surface area (Å²) in [5.74, 6) is -0.920. The Morgan fingerprint density at radius 2 is 1.83 bits per heavy atom. The van der Waals surface area contributed by atoms with Crippen molar-refractivity contribution in [2.45, 2.75) is 35.8 Å². The van der Waals surface area contributed by atoms with E-state index in [1.807, 2.05) is 0 Å². The summed E-state index contributed by atoms with van der Waals surface area (Å²) < 4.78 is 0. The molecule has 152 valence electrons. The van der Waals surface area contributed by atoms with Gasteiger partial charge in [0.25, 0.3) is 11.6 Å². The number of halogens is 1. The van der Waals surface area contributed by atoms with E-state index >= 15 is 0 Å². The molecule has 1 aliphatic carbocycles. The van der Waals surface area contributed by atoms with Crippen molar-refractivity contribution in [3.05, 3.63) is 63.2 Å². The highest BCUT2D eigenvalue weighted by Gasteiger charge is 2.22. The number of nitrogens with zero attached hydrogens (tertiary/aromatic N) is 1. The fourth-order valence-electron chi connectivity index (χ4n) is 3.09. The molecule has 1 fully saturated rings. The second-order valence-corrected chi connectivity index (χ2v) is 8.48. The largest absolute Gasteiger partial charge is 0.343 e. The molecule has 0 aliphatic heterocycles. The average molecular weight is 434 g/mol. The van der Waals surface area contributed by atoms with E-state index in [4.69, 9.17) is 11.6 Å². The Kier molecular flexibility index (Phi) is 7.11. The molecule has 2 N–H and O–H groups in total. The average Bonchev–Trinajstić information content (AvgIpc) is 3.21. The predicted molar refractivity (Wildman–Crippen MR) is 114 cm³/mol. The van der Waals surface area contributed by atoms with Gasteiger partial charge in [-0.2, -0.15) is 0 Å². The number of thioether (sulfide) groups is 1. The highest BCUT2D eigenvalue weighted by molar-refractivity contribution is 8.00. The Morgan fingerprint density at radius 3 is 2.48 bits per heavy atom. The van der Waals surface area contributed by atoms with Gasteiger partial charge in [0.1, 0.15) is 0 Å².